The third kappa shape index (κ3) is 3.99. The van der Waals surface area contributed by atoms with Gasteiger partial charge in [-0.2, -0.15) is 11.8 Å². The molecule has 0 radical (unpaired) electrons. The molecular weight excluding hydrogens is 287 g/mol. The number of thioether (sulfide) groups is 1. The van der Waals surface area contributed by atoms with Crippen LogP contribution in [0.4, 0.5) is 4.39 Å². The average Bonchev–Trinajstić information content (AvgIpc) is 2.43. The Morgan fingerprint density at radius 2 is 2.10 bits per heavy atom. The number of amides is 1. The molecule has 112 valence electrons. The predicted octanol–water partition coefficient (Wildman–Crippen LogP) is 2.10. The van der Waals surface area contributed by atoms with E-state index in [0.29, 0.717) is 34.7 Å². The molecule has 1 aliphatic rings. The molecule has 21 heavy (non-hydrogen) atoms. The van der Waals surface area contributed by atoms with Crippen LogP contribution in [0, 0.1) is 17.7 Å². The Balaban J connectivity index is 2.30. The molecule has 2 unspecified atom stereocenters. The molecule has 2 rings (SSSR count). The quantitative estimate of drug-likeness (QED) is 0.808. The first-order chi connectivity index (χ1) is 10.0. The number of nitrogens with two attached hydrogens (primary N) is 1. The van der Waals surface area contributed by atoms with Crippen LogP contribution in [-0.4, -0.2) is 40.9 Å². The molecular formula is C16H19FN2OS. The largest absolute Gasteiger partial charge is 0.336 e. The first-order valence-electron chi connectivity index (χ1n) is 6.94. The Kier molecular flexibility index (Phi) is 5.27. The third-order valence-corrected chi connectivity index (χ3v) is 4.47. The van der Waals surface area contributed by atoms with Crippen molar-refractivity contribution in [2.45, 2.75) is 24.3 Å². The molecule has 3 nitrogen and oxygen atoms in total. The normalized spacial score (nSPS) is 21.6. The summed E-state index contributed by atoms with van der Waals surface area (Å²) in [5, 5.41) is 0.799. The second kappa shape index (κ2) is 6.97. The van der Waals surface area contributed by atoms with Gasteiger partial charge >= 0.3 is 0 Å². The van der Waals surface area contributed by atoms with Crippen molar-refractivity contribution in [3.05, 3.63) is 35.1 Å². The number of carbonyl (C=O) groups is 1. The Morgan fingerprint density at radius 3 is 2.71 bits per heavy atom. The van der Waals surface area contributed by atoms with Crippen LogP contribution in [0.3, 0.4) is 0 Å². The van der Waals surface area contributed by atoms with E-state index in [2.05, 4.69) is 25.7 Å². The van der Waals surface area contributed by atoms with Gasteiger partial charge in [0.15, 0.2) is 0 Å². The highest BCUT2D eigenvalue weighted by Crippen LogP contribution is 2.26. The SMILES string of the molecule is CC1CN(C(=O)c2ccc(F)cc2C#CCN)CC(C)S1. The Bertz CT molecular complexity index is 584. The summed E-state index contributed by atoms with van der Waals surface area (Å²) in [7, 11) is 0. The average molecular weight is 306 g/mol. The number of hydrogen-bond acceptors (Lipinski definition) is 3. The minimum atomic E-state index is -0.399. The van der Waals surface area contributed by atoms with Gasteiger partial charge in [0.2, 0.25) is 0 Å². The van der Waals surface area contributed by atoms with Gasteiger partial charge in [0.25, 0.3) is 5.91 Å². The molecule has 1 heterocycles. The van der Waals surface area contributed by atoms with Crippen LogP contribution in [0.15, 0.2) is 18.2 Å². The summed E-state index contributed by atoms with van der Waals surface area (Å²) in [5.41, 5.74) is 6.21. The molecule has 1 fully saturated rings. The Morgan fingerprint density at radius 1 is 1.43 bits per heavy atom. The zero-order chi connectivity index (χ0) is 15.4. The number of carbonyl (C=O) groups excluding carboxylic acids is 1. The topological polar surface area (TPSA) is 46.3 Å². The molecule has 0 bridgehead atoms. The molecule has 1 aromatic rings. The maximum atomic E-state index is 13.4. The van der Waals surface area contributed by atoms with Crippen LogP contribution in [-0.2, 0) is 0 Å². The summed E-state index contributed by atoms with van der Waals surface area (Å²) in [5.74, 6) is 4.99. The molecule has 0 aromatic heterocycles. The fourth-order valence-electron chi connectivity index (χ4n) is 2.47. The lowest BCUT2D eigenvalue weighted by Gasteiger charge is -2.34. The highest BCUT2D eigenvalue weighted by Gasteiger charge is 2.27. The lowest BCUT2D eigenvalue weighted by atomic mass is 10.1. The fraction of sp³-hybridized carbons (Fsp3) is 0.438. The Labute approximate surface area is 129 Å². The van der Waals surface area contributed by atoms with Crippen molar-refractivity contribution in [3.8, 4) is 11.8 Å². The number of halogens is 1. The minimum Gasteiger partial charge on any atom is -0.336 e. The molecule has 5 heteroatoms. The van der Waals surface area contributed by atoms with Crippen molar-refractivity contribution < 1.29 is 9.18 Å². The van der Waals surface area contributed by atoms with Crippen LogP contribution >= 0.6 is 11.8 Å². The van der Waals surface area contributed by atoms with Gasteiger partial charge in [0.1, 0.15) is 5.82 Å². The molecule has 0 spiro atoms. The third-order valence-electron chi connectivity index (χ3n) is 3.24. The van der Waals surface area contributed by atoms with E-state index in [1.165, 1.54) is 18.2 Å². The molecule has 2 N–H and O–H groups in total. The Hall–Kier alpha value is -1.51. The van der Waals surface area contributed by atoms with Gasteiger partial charge in [-0.05, 0) is 18.2 Å². The summed E-state index contributed by atoms with van der Waals surface area (Å²) in [6.45, 7) is 5.81. The standard InChI is InChI=1S/C16H19FN2OS/c1-11-9-19(10-12(2)21-11)16(20)15-6-5-14(17)8-13(15)4-3-7-18/h5-6,8,11-12H,7,9-10,18H2,1-2H3. The van der Waals surface area contributed by atoms with E-state index in [-0.39, 0.29) is 12.5 Å². The summed E-state index contributed by atoms with van der Waals surface area (Å²) in [6, 6.07) is 4.10. The van der Waals surface area contributed by atoms with E-state index in [0.717, 1.165) is 0 Å². The van der Waals surface area contributed by atoms with Crippen molar-refractivity contribution >= 4 is 17.7 Å². The molecule has 0 saturated carbocycles. The van der Waals surface area contributed by atoms with Crippen molar-refractivity contribution in [1.82, 2.24) is 4.90 Å². The van der Waals surface area contributed by atoms with E-state index in [9.17, 15) is 9.18 Å². The first-order valence-corrected chi connectivity index (χ1v) is 7.88. The summed E-state index contributed by atoms with van der Waals surface area (Å²) in [4.78, 5) is 14.5. The zero-order valence-corrected chi connectivity index (χ0v) is 13.0. The van der Waals surface area contributed by atoms with Crippen molar-refractivity contribution in [2.75, 3.05) is 19.6 Å². The van der Waals surface area contributed by atoms with E-state index in [1.54, 1.807) is 0 Å². The first kappa shape index (κ1) is 15.9. The van der Waals surface area contributed by atoms with Crippen LogP contribution in [0.25, 0.3) is 0 Å². The molecule has 2 atom stereocenters. The van der Waals surface area contributed by atoms with Gasteiger partial charge in [-0.25, -0.2) is 4.39 Å². The van der Waals surface area contributed by atoms with Crippen LogP contribution in [0.2, 0.25) is 0 Å². The number of rotatable bonds is 1. The van der Waals surface area contributed by atoms with E-state index in [1.807, 2.05) is 16.7 Å². The van der Waals surface area contributed by atoms with Crippen molar-refractivity contribution in [1.29, 1.82) is 0 Å². The number of hydrogen-bond donors (Lipinski definition) is 1. The van der Waals surface area contributed by atoms with Crippen LogP contribution in [0.5, 0.6) is 0 Å². The molecule has 1 amide bonds. The zero-order valence-electron chi connectivity index (χ0n) is 12.2. The van der Waals surface area contributed by atoms with E-state index >= 15 is 0 Å². The van der Waals surface area contributed by atoms with Gasteiger partial charge < -0.3 is 10.6 Å². The number of benzene rings is 1. The molecule has 1 aliphatic heterocycles. The minimum absolute atomic E-state index is 0.0877. The smallest absolute Gasteiger partial charge is 0.255 e. The fourth-order valence-corrected chi connectivity index (χ4v) is 3.79. The maximum absolute atomic E-state index is 13.4. The summed E-state index contributed by atoms with van der Waals surface area (Å²) >= 11 is 1.88. The highest BCUT2D eigenvalue weighted by molar-refractivity contribution is 8.00. The predicted molar refractivity (Wildman–Crippen MR) is 84.8 cm³/mol. The van der Waals surface area contributed by atoms with Crippen molar-refractivity contribution in [3.63, 3.8) is 0 Å². The van der Waals surface area contributed by atoms with Crippen molar-refractivity contribution in [2.24, 2.45) is 5.73 Å². The maximum Gasteiger partial charge on any atom is 0.255 e. The van der Waals surface area contributed by atoms with Gasteiger partial charge in [0.05, 0.1) is 12.1 Å². The van der Waals surface area contributed by atoms with Crippen LogP contribution < -0.4 is 5.73 Å². The second-order valence-corrected chi connectivity index (χ2v) is 7.04. The number of nitrogens with zero attached hydrogens (tertiary/aromatic N) is 1. The monoisotopic (exact) mass is 306 g/mol. The van der Waals surface area contributed by atoms with E-state index < -0.39 is 5.82 Å². The van der Waals surface area contributed by atoms with Gasteiger partial charge in [-0.1, -0.05) is 25.7 Å². The lowest BCUT2D eigenvalue weighted by molar-refractivity contribution is 0.0753. The van der Waals surface area contributed by atoms with E-state index in [4.69, 9.17) is 5.73 Å². The molecule has 1 aromatic carbocycles. The van der Waals surface area contributed by atoms with Crippen LogP contribution in [0.1, 0.15) is 29.8 Å². The second-order valence-electron chi connectivity index (χ2n) is 5.16. The molecule has 1 saturated heterocycles. The van der Waals surface area contributed by atoms with Gasteiger partial charge in [-0.3, -0.25) is 4.79 Å². The van der Waals surface area contributed by atoms with Gasteiger partial charge in [-0.15, -0.1) is 0 Å². The lowest BCUT2D eigenvalue weighted by Crippen LogP contribution is -2.44. The summed E-state index contributed by atoms with van der Waals surface area (Å²) < 4.78 is 13.4. The molecule has 0 aliphatic carbocycles. The highest BCUT2D eigenvalue weighted by atomic mass is 32.2. The van der Waals surface area contributed by atoms with Gasteiger partial charge in [0, 0.05) is 29.2 Å². The summed E-state index contributed by atoms with van der Waals surface area (Å²) in [6.07, 6.45) is 0.